The highest BCUT2D eigenvalue weighted by atomic mass is 32.2. The SMILES string of the molecule is CC(C)S(=O)(=O)CCC1(C(=O)O)CCc2ccccc21. The standard InChI is InChI=1S/C15H20O4S/c1-11(2)20(18,19)10-9-15(14(16)17)8-7-12-5-3-4-6-13(12)15/h3-6,11H,7-10H2,1-2H3,(H,16,17). The number of carboxylic acid groups (broad SMARTS) is 1. The highest BCUT2D eigenvalue weighted by Gasteiger charge is 2.45. The second-order valence-electron chi connectivity index (χ2n) is 5.71. The van der Waals surface area contributed by atoms with Crippen molar-refractivity contribution in [2.24, 2.45) is 0 Å². The van der Waals surface area contributed by atoms with Gasteiger partial charge in [-0.25, -0.2) is 8.42 Å². The molecule has 1 atom stereocenters. The lowest BCUT2D eigenvalue weighted by Gasteiger charge is -2.26. The van der Waals surface area contributed by atoms with Gasteiger partial charge in [-0.2, -0.15) is 0 Å². The number of sulfone groups is 1. The quantitative estimate of drug-likeness (QED) is 0.904. The third kappa shape index (κ3) is 2.46. The van der Waals surface area contributed by atoms with Crippen LogP contribution in [0.2, 0.25) is 0 Å². The van der Waals surface area contributed by atoms with Crippen molar-refractivity contribution in [2.75, 3.05) is 5.75 Å². The van der Waals surface area contributed by atoms with Crippen LogP contribution >= 0.6 is 0 Å². The molecule has 0 saturated carbocycles. The Morgan fingerprint density at radius 3 is 2.60 bits per heavy atom. The first-order valence-electron chi connectivity index (χ1n) is 6.83. The fourth-order valence-electron chi connectivity index (χ4n) is 2.83. The van der Waals surface area contributed by atoms with Crippen LogP contribution < -0.4 is 0 Å². The number of carbonyl (C=O) groups is 1. The van der Waals surface area contributed by atoms with Crippen LogP contribution in [0.15, 0.2) is 24.3 Å². The fraction of sp³-hybridized carbons (Fsp3) is 0.533. The molecule has 1 aliphatic rings. The van der Waals surface area contributed by atoms with E-state index in [4.69, 9.17) is 0 Å². The minimum atomic E-state index is -3.22. The number of hydrogen-bond acceptors (Lipinski definition) is 3. The third-order valence-electron chi connectivity index (χ3n) is 4.30. The molecule has 1 aliphatic carbocycles. The summed E-state index contributed by atoms with van der Waals surface area (Å²) >= 11 is 0. The second kappa shape index (κ2) is 5.20. The number of rotatable bonds is 5. The van der Waals surface area contributed by atoms with Gasteiger partial charge in [-0.05, 0) is 44.2 Å². The molecule has 0 heterocycles. The lowest BCUT2D eigenvalue weighted by Crippen LogP contribution is -2.36. The Labute approximate surface area is 119 Å². The molecule has 0 amide bonds. The third-order valence-corrected chi connectivity index (χ3v) is 6.50. The van der Waals surface area contributed by atoms with Gasteiger partial charge < -0.3 is 5.11 Å². The van der Waals surface area contributed by atoms with Crippen molar-refractivity contribution in [3.63, 3.8) is 0 Å². The number of fused-ring (bicyclic) bond motifs is 1. The van der Waals surface area contributed by atoms with Crippen molar-refractivity contribution in [1.29, 1.82) is 0 Å². The van der Waals surface area contributed by atoms with Crippen molar-refractivity contribution in [3.05, 3.63) is 35.4 Å². The molecule has 0 saturated heterocycles. The van der Waals surface area contributed by atoms with E-state index in [1.165, 1.54) is 0 Å². The molecule has 1 aromatic carbocycles. The zero-order valence-electron chi connectivity index (χ0n) is 11.8. The molecule has 0 fully saturated rings. The normalized spacial score (nSPS) is 21.9. The fourth-order valence-corrected chi connectivity index (χ4v) is 3.93. The average molecular weight is 296 g/mol. The van der Waals surface area contributed by atoms with Crippen LogP contribution in [0.3, 0.4) is 0 Å². The molecule has 1 unspecified atom stereocenters. The van der Waals surface area contributed by atoms with E-state index in [-0.39, 0.29) is 12.2 Å². The molecule has 0 bridgehead atoms. The van der Waals surface area contributed by atoms with Gasteiger partial charge in [0, 0.05) is 0 Å². The van der Waals surface area contributed by atoms with E-state index in [1.807, 2.05) is 24.3 Å². The monoisotopic (exact) mass is 296 g/mol. The molecule has 0 aromatic heterocycles. The summed E-state index contributed by atoms with van der Waals surface area (Å²) in [7, 11) is -3.22. The average Bonchev–Trinajstić information content (AvgIpc) is 2.76. The molecule has 1 N–H and O–H groups in total. The Kier molecular flexibility index (Phi) is 3.91. The summed E-state index contributed by atoms with van der Waals surface area (Å²) in [5.41, 5.74) is 0.766. The summed E-state index contributed by atoms with van der Waals surface area (Å²) in [4.78, 5) is 11.8. The van der Waals surface area contributed by atoms with E-state index >= 15 is 0 Å². The smallest absolute Gasteiger partial charge is 0.314 e. The highest BCUT2D eigenvalue weighted by Crippen LogP contribution is 2.42. The van der Waals surface area contributed by atoms with Crippen LogP contribution in [-0.4, -0.2) is 30.5 Å². The molecule has 20 heavy (non-hydrogen) atoms. The van der Waals surface area contributed by atoms with Crippen LogP contribution in [0.4, 0.5) is 0 Å². The molecular weight excluding hydrogens is 276 g/mol. The van der Waals surface area contributed by atoms with Gasteiger partial charge in [-0.3, -0.25) is 4.79 Å². The van der Waals surface area contributed by atoms with Gasteiger partial charge in [0.1, 0.15) is 0 Å². The first-order chi connectivity index (χ1) is 9.29. The first kappa shape index (κ1) is 15.0. The number of carboxylic acids is 1. The molecule has 1 aromatic rings. The van der Waals surface area contributed by atoms with Crippen LogP contribution in [-0.2, 0) is 26.5 Å². The van der Waals surface area contributed by atoms with Crippen molar-refractivity contribution in [1.82, 2.24) is 0 Å². The number of hydrogen-bond donors (Lipinski definition) is 1. The Balaban J connectivity index is 2.33. The predicted molar refractivity (Wildman–Crippen MR) is 77.6 cm³/mol. The van der Waals surface area contributed by atoms with Crippen LogP contribution in [0.5, 0.6) is 0 Å². The lowest BCUT2D eigenvalue weighted by atomic mass is 9.79. The van der Waals surface area contributed by atoms with Gasteiger partial charge >= 0.3 is 5.97 Å². The van der Waals surface area contributed by atoms with Crippen molar-refractivity contribution < 1.29 is 18.3 Å². The maximum Gasteiger partial charge on any atom is 0.314 e. The first-order valence-corrected chi connectivity index (χ1v) is 8.54. The van der Waals surface area contributed by atoms with E-state index in [1.54, 1.807) is 13.8 Å². The molecule has 110 valence electrons. The van der Waals surface area contributed by atoms with Crippen molar-refractivity contribution in [2.45, 2.75) is 43.8 Å². The molecule has 0 aliphatic heterocycles. The molecule has 4 nitrogen and oxygen atoms in total. The Morgan fingerprint density at radius 1 is 1.35 bits per heavy atom. The summed E-state index contributed by atoms with van der Waals surface area (Å²) in [5, 5.41) is 9.18. The molecule has 0 radical (unpaired) electrons. The largest absolute Gasteiger partial charge is 0.481 e. The number of aryl methyl sites for hydroxylation is 1. The maximum atomic E-state index is 12.0. The van der Waals surface area contributed by atoms with E-state index in [0.29, 0.717) is 12.8 Å². The summed E-state index contributed by atoms with van der Waals surface area (Å²) in [6.07, 6.45) is 1.33. The topological polar surface area (TPSA) is 71.4 Å². The van der Waals surface area contributed by atoms with Gasteiger partial charge in [0.2, 0.25) is 0 Å². The number of benzene rings is 1. The molecule has 0 spiro atoms. The van der Waals surface area contributed by atoms with E-state index in [2.05, 4.69) is 0 Å². The van der Waals surface area contributed by atoms with Crippen LogP contribution in [0, 0.1) is 0 Å². The zero-order chi connectivity index (χ0) is 15.0. The van der Waals surface area contributed by atoms with Gasteiger partial charge in [0.25, 0.3) is 0 Å². The maximum absolute atomic E-state index is 12.0. The second-order valence-corrected chi connectivity index (χ2v) is 8.39. The van der Waals surface area contributed by atoms with Gasteiger partial charge in [0.15, 0.2) is 9.84 Å². The lowest BCUT2D eigenvalue weighted by molar-refractivity contribution is -0.144. The van der Waals surface area contributed by atoms with Crippen LogP contribution in [0.25, 0.3) is 0 Å². The van der Waals surface area contributed by atoms with E-state index in [0.717, 1.165) is 11.1 Å². The summed E-state index contributed by atoms with van der Waals surface area (Å²) < 4.78 is 23.9. The highest BCUT2D eigenvalue weighted by molar-refractivity contribution is 7.91. The van der Waals surface area contributed by atoms with Crippen LogP contribution in [0.1, 0.15) is 37.8 Å². The molecule has 2 rings (SSSR count). The summed E-state index contributed by atoms with van der Waals surface area (Å²) in [6.45, 7) is 3.26. The Hall–Kier alpha value is -1.36. The number of aliphatic carboxylic acids is 1. The van der Waals surface area contributed by atoms with Gasteiger partial charge in [-0.1, -0.05) is 24.3 Å². The summed E-state index contributed by atoms with van der Waals surface area (Å²) in [6, 6.07) is 7.45. The molecule has 5 heteroatoms. The van der Waals surface area contributed by atoms with Crippen molar-refractivity contribution >= 4 is 15.8 Å². The van der Waals surface area contributed by atoms with E-state index < -0.39 is 26.5 Å². The zero-order valence-corrected chi connectivity index (χ0v) is 12.6. The predicted octanol–water partition coefficient (Wildman–Crippen LogP) is 2.17. The van der Waals surface area contributed by atoms with Gasteiger partial charge in [0.05, 0.1) is 16.4 Å². The Bertz CT molecular complexity index is 619. The van der Waals surface area contributed by atoms with Gasteiger partial charge in [-0.15, -0.1) is 0 Å². The van der Waals surface area contributed by atoms with E-state index in [9.17, 15) is 18.3 Å². The summed E-state index contributed by atoms with van der Waals surface area (Å²) in [5.74, 6) is -0.993. The Morgan fingerprint density at radius 2 is 2.00 bits per heavy atom. The molecular formula is C15H20O4S. The minimum absolute atomic E-state index is 0.0781. The minimum Gasteiger partial charge on any atom is -0.481 e. The van der Waals surface area contributed by atoms with Crippen molar-refractivity contribution in [3.8, 4) is 0 Å².